The van der Waals surface area contributed by atoms with Gasteiger partial charge in [0.1, 0.15) is 5.76 Å². The molecule has 0 amide bonds. The van der Waals surface area contributed by atoms with Crippen LogP contribution in [0, 0.1) is 0 Å². The van der Waals surface area contributed by atoms with E-state index in [1.54, 1.807) is 18.4 Å². The van der Waals surface area contributed by atoms with E-state index in [-0.39, 0.29) is 0 Å². The van der Waals surface area contributed by atoms with Crippen LogP contribution in [-0.4, -0.2) is 0 Å². The van der Waals surface area contributed by atoms with Crippen molar-refractivity contribution in [2.45, 2.75) is 6.54 Å². The number of benzene rings is 1. The molecule has 0 atom stereocenters. The molecule has 0 saturated heterocycles. The molecule has 0 aliphatic carbocycles. The van der Waals surface area contributed by atoms with Gasteiger partial charge in [-0.25, -0.2) is 0 Å². The molecule has 0 radical (unpaired) electrons. The topological polar surface area (TPSA) is 59.3 Å². The van der Waals surface area contributed by atoms with Crippen molar-refractivity contribution in [3.8, 4) is 11.1 Å². The van der Waals surface area contributed by atoms with Crippen LogP contribution >= 0.6 is 0 Å². The normalized spacial score (nSPS) is 10.7. The summed E-state index contributed by atoms with van der Waals surface area (Å²) in [6.07, 6.45) is 1.57. The molecule has 0 aliphatic rings. The predicted octanol–water partition coefficient (Wildman–Crippen LogP) is 2.15. The lowest BCUT2D eigenvalue weighted by molar-refractivity contribution is 0.518. The molecule has 4 heteroatoms. The lowest BCUT2D eigenvalue weighted by atomic mass is 9.98. The van der Waals surface area contributed by atoms with Gasteiger partial charge in [0.15, 0.2) is 0 Å². The van der Waals surface area contributed by atoms with E-state index in [1.165, 1.54) is 0 Å². The summed E-state index contributed by atoms with van der Waals surface area (Å²) in [7, 11) is 0. The number of hydrogen-bond acceptors (Lipinski definition) is 4. The van der Waals surface area contributed by atoms with Gasteiger partial charge in [0.2, 0.25) is 10.9 Å². The summed E-state index contributed by atoms with van der Waals surface area (Å²) in [5.74, 6) is 0.715. The van der Waals surface area contributed by atoms with Gasteiger partial charge in [-0.2, -0.15) is 0 Å². The first kappa shape index (κ1) is 11.5. The molecule has 2 aromatic carbocycles. The highest BCUT2D eigenvalue weighted by Crippen LogP contribution is 2.23. The summed E-state index contributed by atoms with van der Waals surface area (Å²) in [6.45, 7) is 0.387. The van der Waals surface area contributed by atoms with Gasteiger partial charge in [0, 0.05) is 0 Å². The molecule has 0 saturated carbocycles. The van der Waals surface area contributed by atoms with Gasteiger partial charge in [0.25, 0.3) is 0 Å². The summed E-state index contributed by atoms with van der Waals surface area (Å²) in [6, 6.07) is 12.7. The van der Waals surface area contributed by atoms with E-state index in [4.69, 9.17) is 4.42 Å². The van der Waals surface area contributed by atoms with Crippen molar-refractivity contribution in [2.24, 2.45) is 0 Å². The Morgan fingerprint density at radius 3 is 2.42 bits per heavy atom. The van der Waals surface area contributed by atoms with Crippen molar-refractivity contribution in [1.29, 1.82) is 0 Å². The molecule has 3 aromatic rings. The van der Waals surface area contributed by atoms with Crippen LogP contribution < -0.4 is 16.2 Å². The fourth-order valence-electron chi connectivity index (χ4n) is 2.03. The van der Waals surface area contributed by atoms with Crippen LogP contribution in [-0.2, 0) is 6.54 Å². The first-order valence-electron chi connectivity index (χ1n) is 5.92. The van der Waals surface area contributed by atoms with Crippen LogP contribution in [0.2, 0.25) is 0 Å². The zero-order valence-corrected chi connectivity index (χ0v) is 10.1. The molecule has 3 rings (SSSR count). The maximum Gasteiger partial charge on any atom is 0.250 e. The summed E-state index contributed by atoms with van der Waals surface area (Å²) in [5.41, 5.74) is 0.678. The molecule has 0 aliphatic heterocycles. The summed E-state index contributed by atoms with van der Waals surface area (Å²) in [4.78, 5) is 23.3. The highest BCUT2D eigenvalue weighted by Gasteiger charge is 2.21. The monoisotopic (exact) mass is 253 g/mol. The Morgan fingerprint density at radius 1 is 0.947 bits per heavy atom. The third-order valence-electron chi connectivity index (χ3n) is 2.99. The third kappa shape index (κ3) is 1.97. The molecule has 1 aromatic heterocycles. The second-order valence-corrected chi connectivity index (χ2v) is 4.21. The van der Waals surface area contributed by atoms with E-state index in [1.807, 2.05) is 30.3 Å². The number of rotatable bonds is 4. The van der Waals surface area contributed by atoms with Crippen molar-refractivity contribution in [2.75, 3.05) is 5.32 Å². The van der Waals surface area contributed by atoms with Crippen molar-refractivity contribution in [3.05, 3.63) is 74.9 Å². The largest absolute Gasteiger partial charge is 0.467 e. The Bertz CT molecular complexity index is 751. The molecular formula is C15H11NO3. The molecule has 19 heavy (non-hydrogen) atoms. The quantitative estimate of drug-likeness (QED) is 0.724. The lowest BCUT2D eigenvalue weighted by Gasteiger charge is -2.12. The second kappa shape index (κ2) is 4.57. The Kier molecular flexibility index (Phi) is 2.76. The zero-order valence-electron chi connectivity index (χ0n) is 10.1. The van der Waals surface area contributed by atoms with E-state index in [9.17, 15) is 9.59 Å². The van der Waals surface area contributed by atoms with Crippen molar-refractivity contribution >= 4 is 5.69 Å². The maximum atomic E-state index is 11.7. The van der Waals surface area contributed by atoms with Gasteiger partial charge < -0.3 is 9.73 Å². The predicted molar refractivity (Wildman–Crippen MR) is 72.8 cm³/mol. The van der Waals surface area contributed by atoms with Crippen molar-refractivity contribution in [1.82, 2.24) is 0 Å². The first-order chi connectivity index (χ1) is 9.27. The molecule has 1 N–H and O–H groups in total. The van der Waals surface area contributed by atoms with Crippen molar-refractivity contribution < 1.29 is 4.42 Å². The van der Waals surface area contributed by atoms with Crippen LogP contribution in [0.5, 0.6) is 0 Å². The highest BCUT2D eigenvalue weighted by molar-refractivity contribution is 5.81. The first-order valence-corrected chi connectivity index (χ1v) is 5.92. The van der Waals surface area contributed by atoms with E-state index in [0.29, 0.717) is 23.6 Å². The number of nitrogens with one attached hydrogen (secondary N) is 1. The number of furan rings is 1. The van der Waals surface area contributed by atoms with Gasteiger partial charge >= 0.3 is 0 Å². The Hall–Kier alpha value is -2.62. The van der Waals surface area contributed by atoms with Crippen LogP contribution in [0.3, 0.4) is 0 Å². The summed E-state index contributed by atoms with van der Waals surface area (Å²) >= 11 is 0. The minimum Gasteiger partial charge on any atom is -0.467 e. The second-order valence-electron chi connectivity index (χ2n) is 4.21. The average molecular weight is 253 g/mol. The zero-order chi connectivity index (χ0) is 13.2. The smallest absolute Gasteiger partial charge is 0.250 e. The van der Waals surface area contributed by atoms with Crippen LogP contribution in [0.4, 0.5) is 5.69 Å². The summed E-state index contributed by atoms with van der Waals surface area (Å²) < 4.78 is 5.17. The molecule has 0 unspecified atom stereocenters. The van der Waals surface area contributed by atoms with Crippen LogP contribution in [0.1, 0.15) is 5.76 Å². The molecule has 1 heterocycles. The van der Waals surface area contributed by atoms with Crippen LogP contribution in [0.25, 0.3) is 11.1 Å². The lowest BCUT2D eigenvalue weighted by Crippen LogP contribution is -2.36. The van der Waals surface area contributed by atoms with Crippen molar-refractivity contribution in [3.63, 3.8) is 0 Å². The standard InChI is InChI=1S/C15H11NO3/c17-14-12(10-5-2-1-3-6-10)13(15(14)18)16-9-11-7-4-8-19-11/h1-8,16H,9H2. The fraction of sp³-hybridized carbons (Fsp3) is 0.0667. The van der Waals surface area contributed by atoms with E-state index in [0.717, 1.165) is 5.56 Å². The van der Waals surface area contributed by atoms with E-state index < -0.39 is 10.9 Å². The third-order valence-corrected chi connectivity index (χ3v) is 2.99. The van der Waals surface area contributed by atoms with E-state index >= 15 is 0 Å². The summed E-state index contributed by atoms with van der Waals surface area (Å²) in [5, 5.41) is 2.97. The maximum absolute atomic E-state index is 11.7. The molecule has 94 valence electrons. The SMILES string of the molecule is O=c1c(NCc2ccco2)c(-c2ccccc2)c1=O. The fourth-order valence-corrected chi connectivity index (χ4v) is 2.03. The molecule has 0 bridgehead atoms. The average Bonchev–Trinajstić information content (AvgIpc) is 2.96. The van der Waals surface area contributed by atoms with Crippen LogP contribution in [0.15, 0.2) is 62.7 Å². The minimum absolute atomic E-state index is 0.368. The Labute approximate surface area is 109 Å². The molecule has 4 nitrogen and oxygen atoms in total. The van der Waals surface area contributed by atoms with Gasteiger partial charge in [0.05, 0.1) is 24.1 Å². The number of anilines is 1. The Balaban J connectivity index is 1.89. The van der Waals surface area contributed by atoms with Gasteiger partial charge in [-0.15, -0.1) is 0 Å². The highest BCUT2D eigenvalue weighted by atomic mass is 16.3. The van der Waals surface area contributed by atoms with Gasteiger partial charge in [-0.3, -0.25) is 9.59 Å². The molecule has 0 spiro atoms. The molecule has 0 fully saturated rings. The van der Waals surface area contributed by atoms with Gasteiger partial charge in [-0.1, -0.05) is 30.3 Å². The van der Waals surface area contributed by atoms with Gasteiger partial charge in [-0.05, 0) is 17.7 Å². The molecular weight excluding hydrogens is 242 g/mol. The number of hydrogen-bond donors (Lipinski definition) is 1. The Morgan fingerprint density at radius 2 is 1.74 bits per heavy atom. The van der Waals surface area contributed by atoms with E-state index in [2.05, 4.69) is 5.32 Å². The minimum atomic E-state index is -0.467.